The molecule has 0 radical (unpaired) electrons. The van der Waals surface area contributed by atoms with E-state index in [1.54, 1.807) is 4.57 Å². The molecule has 0 amide bonds. The van der Waals surface area contributed by atoms with Crippen molar-refractivity contribution in [1.82, 2.24) is 14.5 Å². The molecule has 3 heterocycles. The van der Waals surface area contributed by atoms with Gasteiger partial charge in [0.15, 0.2) is 17.4 Å². The number of halogens is 1. The number of likely N-dealkylation sites (N-methyl/N-ethyl adjacent to an activating group) is 1. The molecule has 8 nitrogen and oxygen atoms in total. The van der Waals surface area contributed by atoms with Gasteiger partial charge in [-0.25, -0.2) is 14.2 Å². The molecule has 1 aliphatic heterocycles. The summed E-state index contributed by atoms with van der Waals surface area (Å²) in [6.07, 6.45) is 1.59. The number of rotatable bonds is 4. The molecule has 2 aromatic heterocycles. The Morgan fingerprint density at radius 2 is 2.04 bits per heavy atom. The van der Waals surface area contributed by atoms with Gasteiger partial charge in [-0.05, 0) is 25.5 Å². The largest absolute Gasteiger partial charge is 0.511 e. The standard InChI is InChI=1S/C18H21FN4O4/c1-2-21-5-7-22(8-6-21)17-13(19)9-12-15(24)14(27-18(25)26)10-23(11-3-4-11)16(12)20-17/h9-11H,2-8H2,1H3,(H,25,26). The Labute approximate surface area is 154 Å². The van der Waals surface area contributed by atoms with Crippen LogP contribution in [0.5, 0.6) is 5.75 Å². The van der Waals surface area contributed by atoms with E-state index in [0.29, 0.717) is 18.7 Å². The van der Waals surface area contributed by atoms with Crippen molar-refractivity contribution in [1.29, 1.82) is 0 Å². The maximum Gasteiger partial charge on any atom is 0.511 e. The molecule has 1 N–H and O–H groups in total. The van der Waals surface area contributed by atoms with Gasteiger partial charge < -0.3 is 24.2 Å². The summed E-state index contributed by atoms with van der Waals surface area (Å²) in [5.41, 5.74) is -0.299. The van der Waals surface area contributed by atoms with Gasteiger partial charge in [0.25, 0.3) is 0 Å². The first-order valence-corrected chi connectivity index (χ1v) is 9.11. The molecule has 27 heavy (non-hydrogen) atoms. The molecule has 0 unspecified atom stereocenters. The summed E-state index contributed by atoms with van der Waals surface area (Å²) in [4.78, 5) is 32.1. The first-order chi connectivity index (χ1) is 13.0. The second kappa shape index (κ2) is 6.80. The lowest BCUT2D eigenvalue weighted by atomic mass is 10.2. The van der Waals surface area contributed by atoms with Crippen molar-refractivity contribution >= 4 is 23.0 Å². The zero-order valence-electron chi connectivity index (χ0n) is 15.0. The van der Waals surface area contributed by atoms with E-state index >= 15 is 0 Å². The Balaban J connectivity index is 1.80. The molecule has 2 aromatic rings. The van der Waals surface area contributed by atoms with E-state index in [4.69, 9.17) is 5.11 Å². The highest BCUT2D eigenvalue weighted by atomic mass is 19.1. The van der Waals surface area contributed by atoms with Gasteiger partial charge in [-0.3, -0.25) is 4.79 Å². The van der Waals surface area contributed by atoms with Crippen molar-refractivity contribution in [2.45, 2.75) is 25.8 Å². The Hall–Kier alpha value is -2.68. The number of carboxylic acid groups (broad SMARTS) is 1. The molecule has 2 aliphatic rings. The van der Waals surface area contributed by atoms with Crippen LogP contribution >= 0.6 is 0 Å². The highest BCUT2D eigenvalue weighted by Crippen LogP contribution is 2.38. The first-order valence-electron chi connectivity index (χ1n) is 9.11. The van der Waals surface area contributed by atoms with E-state index in [-0.39, 0.29) is 23.0 Å². The van der Waals surface area contributed by atoms with Crippen molar-refractivity contribution in [3.8, 4) is 5.75 Å². The average molecular weight is 376 g/mol. The fraction of sp³-hybridized carbons (Fsp3) is 0.500. The van der Waals surface area contributed by atoms with Crippen molar-refractivity contribution in [2.75, 3.05) is 37.6 Å². The Bertz CT molecular complexity index is 949. The van der Waals surface area contributed by atoms with Crippen LogP contribution in [0.25, 0.3) is 11.0 Å². The minimum atomic E-state index is -1.58. The molecule has 0 atom stereocenters. The second-order valence-corrected chi connectivity index (χ2v) is 6.92. The molecular formula is C18H21FN4O4. The topological polar surface area (TPSA) is 87.9 Å². The van der Waals surface area contributed by atoms with E-state index in [1.165, 1.54) is 6.20 Å². The van der Waals surface area contributed by atoms with E-state index in [1.807, 2.05) is 4.90 Å². The number of piperazine rings is 1. The van der Waals surface area contributed by atoms with Crippen LogP contribution in [-0.2, 0) is 0 Å². The van der Waals surface area contributed by atoms with Crippen molar-refractivity contribution in [3.63, 3.8) is 0 Å². The molecule has 0 aromatic carbocycles. The number of nitrogens with zero attached hydrogens (tertiary/aromatic N) is 4. The lowest BCUT2D eigenvalue weighted by molar-refractivity contribution is 0.143. The molecule has 0 bridgehead atoms. The van der Waals surface area contributed by atoms with Gasteiger partial charge in [0.1, 0.15) is 5.65 Å². The van der Waals surface area contributed by atoms with Gasteiger partial charge in [-0.2, -0.15) is 0 Å². The zero-order valence-corrected chi connectivity index (χ0v) is 15.0. The van der Waals surface area contributed by atoms with Crippen LogP contribution in [-0.4, -0.2) is 58.4 Å². The molecule has 1 aliphatic carbocycles. The van der Waals surface area contributed by atoms with Crippen molar-refractivity contribution in [3.05, 3.63) is 28.3 Å². The SMILES string of the molecule is CCN1CCN(c2nc3c(cc2F)c(=O)c(OC(=O)O)cn3C2CC2)CC1. The number of hydrogen-bond donors (Lipinski definition) is 1. The van der Waals surface area contributed by atoms with Gasteiger partial charge in [-0.1, -0.05) is 6.92 Å². The van der Waals surface area contributed by atoms with Crippen LogP contribution in [0.2, 0.25) is 0 Å². The van der Waals surface area contributed by atoms with Crippen LogP contribution in [0.15, 0.2) is 17.1 Å². The summed E-state index contributed by atoms with van der Waals surface area (Å²) in [6, 6.07) is 1.27. The van der Waals surface area contributed by atoms with Crippen LogP contribution in [0, 0.1) is 5.82 Å². The average Bonchev–Trinajstić information content (AvgIpc) is 3.49. The molecular weight excluding hydrogens is 355 g/mol. The molecule has 1 saturated heterocycles. The van der Waals surface area contributed by atoms with Crippen LogP contribution in [0.3, 0.4) is 0 Å². The minimum Gasteiger partial charge on any atom is -0.449 e. The van der Waals surface area contributed by atoms with Gasteiger partial charge in [-0.15, -0.1) is 0 Å². The third-order valence-corrected chi connectivity index (χ3v) is 5.16. The number of pyridine rings is 2. The predicted octanol–water partition coefficient (Wildman–Crippen LogP) is 2.07. The van der Waals surface area contributed by atoms with Gasteiger partial charge in [0.2, 0.25) is 5.43 Å². The number of anilines is 1. The Kier molecular flexibility index (Phi) is 4.47. The Morgan fingerprint density at radius 1 is 1.33 bits per heavy atom. The van der Waals surface area contributed by atoms with Gasteiger partial charge in [0.05, 0.1) is 11.6 Å². The summed E-state index contributed by atoms with van der Waals surface area (Å²) in [6.45, 7) is 6.03. The maximum atomic E-state index is 14.8. The predicted molar refractivity (Wildman–Crippen MR) is 97.2 cm³/mol. The van der Waals surface area contributed by atoms with Crippen molar-refractivity contribution < 1.29 is 19.0 Å². The number of fused-ring (bicyclic) bond motifs is 1. The van der Waals surface area contributed by atoms with Gasteiger partial charge in [0, 0.05) is 32.2 Å². The number of ether oxygens (including phenoxy) is 1. The first kappa shape index (κ1) is 17.7. The van der Waals surface area contributed by atoms with Crippen LogP contribution in [0.4, 0.5) is 15.0 Å². The Morgan fingerprint density at radius 3 is 2.63 bits per heavy atom. The third-order valence-electron chi connectivity index (χ3n) is 5.16. The van der Waals surface area contributed by atoms with Crippen molar-refractivity contribution in [2.24, 2.45) is 0 Å². The molecule has 2 fully saturated rings. The lowest BCUT2D eigenvalue weighted by Gasteiger charge is -2.35. The zero-order chi connectivity index (χ0) is 19.1. The van der Waals surface area contributed by atoms with Crippen LogP contribution < -0.4 is 15.1 Å². The smallest absolute Gasteiger partial charge is 0.449 e. The fourth-order valence-electron chi connectivity index (χ4n) is 3.51. The fourth-order valence-corrected chi connectivity index (χ4v) is 3.51. The normalized spacial score (nSPS) is 18.1. The highest BCUT2D eigenvalue weighted by Gasteiger charge is 2.29. The molecule has 0 spiro atoms. The lowest BCUT2D eigenvalue weighted by Crippen LogP contribution is -2.46. The summed E-state index contributed by atoms with van der Waals surface area (Å²) in [7, 11) is 0. The third kappa shape index (κ3) is 3.34. The van der Waals surface area contributed by atoms with Crippen LogP contribution in [0.1, 0.15) is 25.8 Å². The minimum absolute atomic E-state index is 0.0362. The molecule has 144 valence electrons. The second-order valence-electron chi connectivity index (χ2n) is 6.92. The summed E-state index contributed by atoms with van der Waals surface area (Å²) < 4.78 is 21.1. The van der Waals surface area contributed by atoms with E-state index in [0.717, 1.165) is 38.5 Å². The monoisotopic (exact) mass is 376 g/mol. The molecule has 4 rings (SSSR count). The summed E-state index contributed by atoms with van der Waals surface area (Å²) in [5.74, 6) is -0.675. The highest BCUT2D eigenvalue weighted by molar-refractivity contribution is 5.80. The van der Waals surface area contributed by atoms with E-state index in [2.05, 4.69) is 21.5 Å². The quantitative estimate of drug-likeness (QED) is 0.817. The molecule has 1 saturated carbocycles. The number of carbonyl (C=O) groups is 1. The molecule has 9 heteroatoms. The number of aromatic nitrogens is 2. The van der Waals surface area contributed by atoms with E-state index in [9.17, 15) is 14.0 Å². The maximum absolute atomic E-state index is 14.8. The number of hydrogen-bond acceptors (Lipinski definition) is 6. The van der Waals surface area contributed by atoms with E-state index < -0.39 is 17.4 Å². The summed E-state index contributed by atoms with van der Waals surface area (Å²) >= 11 is 0. The van der Waals surface area contributed by atoms with Gasteiger partial charge >= 0.3 is 6.16 Å². The summed E-state index contributed by atoms with van der Waals surface area (Å²) in [5, 5.41) is 8.88.